The molecular weight excluding hydrogens is 245 g/mol. The summed E-state index contributed by atoms with van der Waals surface area (Å²) in [6.07, 6.45) is -1.90. The number of halogens is 3. The lowest BCUT2D eigenvalue weighted by Crippen LogP contribution is -2.29. The summed E-state index contributed by atoms with van der Waals surface area (Å²) in [5.41, 5.74) is -1.23. The molecular formula is C12H13F3N2O. The molecule has 0 bridgehead atoms. The van der Waals surface area contributed by atoms with Crippen LogP contribution in [0.2, 0.25) is 0 Å². The fraction of sp³-hybridized carbons (Fsp3) is 0.500. The number of hydrogen-bond donors (Lipinski definition) is 1. The molecule has 1 fully saturated rings. The van der Waals surface area contributed by atoms with Crippen molar-refractivity contribution in [2.45, 2.75) is 25.6 Å². The Balaban J connectivity index is 2.36. The van der Waals surface area contributed by atoms with Crippen LogP contribution in [0.15, 0.2) is 18.5 Å². The fourth-order valence-electron chi connectivity index (χ4n) is 2.25. The maximum Gasteiger partial charge on any atom is 0.417 e. The van der Waals surface area contributed by atoms with Crippen LogP contribution < -0.4 is 5.32 Å². The minimum Gasteiger partial charge on any atom is -0.313 e. The van der Waals surface area contributed by atoms with Crippen LogP contribution in [0.3, 0.4) is 0 Å². The molecule has 0 radical (unpaired) electrons. The van der Waals surface area contributed by atoms with Gasteiger partial charge in [0.1, 0.15) is 0 Å². The van der Waals surface area contributed by atoms with Gasteiger partial charge < -0.3 is 5.32 Å². The summed E-state index contributed by atoms with van der Waals surface area (Å²) in [5, 5.41) is 3.06. The Labute approximate surface area is 102 Å². The monoisotopic (exact) mass is 258 g/mol. The minimum absolute atomic E-state index is 0.0983. The van der Waals surface area contributed by atoms with Gasteiger partial charge in [-0.3, -0.25) is 9.78 Å². The lowest BCUT2D eigenvalue weighted by molar-refractivity contribution is -0.138. The highest BCUT2D eigenvalue weighted by atomic mass is 19.4. The van der Waals surface area contributed by atoms with E-state index in [1.54, 1.807) is 6.92 Å². The maximum atomic E-state index is 12.8. The van der Waals surface area contributed by atoms with Crippen LogP contribution in [-0.4, -0.2) is 23.4 Å². The van der Waals surface area contributed by atoms with Gasteiger partial charge in [-0.05, 0) is 26.0 Å². The summed E-state index contributed by atoms with van der Waals surface area (Å²) in [6.45, 7) is 2.46. The van der Waals surface area contributed by atoms with Crippen molar-refractivity contribution in [2.24, 2.45) is 5.92 Å². The van der Waals surface area contributed by atoms with E-state index >= 15 is 0 Å². The summed E-state index contributed by atoms with van der Waals surface area (Å²) >= 11 is 0. The number of nitrogens with zero attached hydrogens (tertiary/aromatic N) is 1. The molecule has 0 aromatic carbocycles. The highest BCUT2D eigenvalue weighted by molar-refractivity contribution is 5.99. The van der Waals surface area contributed by atoms with Gasteiger partial charge in [0.25, 0.3) is 0 Å². The number of ketones is 1. The Kier molecular flexibility index (Phi) is 3.38. The number of hydrogen-bond acceptors (Lipinski definition) is 3. The zero-order valence-electron chi connectivity index (χ0n) is 9.79. The van der Waals surface area contributed by atoms with Crippen molar-refractivity contribution in [1.29, 1.82) is 0 Å². The van der Waals surface area contributed by atoms with E-state index in [-0.39, 0.29) is 11.6 Å². The van der Waals surface area contributed by atoms with Crippen molar-refractivity contribution in [3.8, 4) is 0 Å². The molecule has 98 valence electrons. The quantitative estimate of drug-likeness (QED) is 0.827. The Morgan fingerprint density at radius 3 is 2.78 bits per heavy atom. The number of alkyl halides is 3. The average molecular weight is 258 g/mol. The van der Waals surface area contributed by atoms with Crippen LogP contribution in [-0.2, 0) is 6.18 Å². The van der Waals surface area contributed by atoms with Crippen molar-refractivity contribution in [2.75, 3.05) is 6.54 Å². The molecule has 6 heteroatoms. The highest BCUT2D eigenvalue weighted by Crippen LogP contribution is 2.33. The molecule has 2 rings (SSSR count). The van der Waals surface area contributed by atoms with Crippen LogP contribution in [0.1, 0.15) is 29.3 Å². The van der Waals surface area contributed by atoms with Crippen molar-refractivity contribution >= 4 is 5.78 Å². The van der Waals surface area contributed by atoms with E-state index < -0.39 is 23.4 Å². The van der Waals surface area contributed by atoms with Crippen molar-refractivity contribution < 1.29 is 18.0 Å². The molecule has 3 nitrogen and oxygen atoms in total. The molecule has 18 heavy (non-hydrogen) atoms. The van der Waals surface area contributed by atoms with Gasteiger partial charge >= 0.3 is 6.18 Å². The molecule has 0 saturated carbocycles. The smallest absolute Gasteiger partial charge is 0.313 e. The molecule has 0 spiro atoms. The van der Waals surface area contributed by atoms with E-state index in [0.29, 0.717) is 13.0 Å². The lowest BCUT2D eigenvalue weighted by Gasteiger charge is -2.17. The van der Waals surface area contributed by atoms with Crippen molar-refractivity contribution in [3.63, 3.8) is 0 Å². The van der Waals surface area contributed by atoms with Crippen LogP contribution in [0.25, 0.3) is 0 Å². The minimum atomic E-state index is -4.52. The highest BCUT2D eigenvalue weighted by Gasteiger charge is 2.38. The van der Waals surface area contributed by atoms with Crippen molar-refractivity contribution in [1.82, 2.24) is 10.3 Å². The van der Waals surface area contributed by atoms with E-state index in [0.717, 1.165) is 18.5 Å². The average Bonchev–Trinajstić information content (AvgIpc) is 2.73. The first-order chi connectivity index (χ1) is 8.41. The molecule has 1 aromatic heterocycles. The number of pyridine rings is 1. The molecule has 1 N–H and O–H groups in total. The number of nitrogens with one attached hydrogen (secondary N) is 1. The number of Topliss-reactive ketones (excluding diaryl/α,β-unsaturated/α-hetero) is 1. The molecule has 2 unspecified atom stereocenters. The molecule has 1 aromatic rings. The molecule has 0 amide bonds. The van der Waals surface area contributed by atoms with Gasteiger partial charge in [0.05, 0.1) is 5.56 Å². The van der Waals surface area contributed by atoms with Gasteiger partial charge in [-0.15, -0.1) is 0 Å². The first-order valence-electron chi connectivity index (χ1n) is 5.70. The predicted octanol–water partition coefficient (Wildman–Crippen LogP) is 2.28. The van der Waals surface area contributed by atoms with Gasteiger partial charge in [-0.25, -0.2) is 0 Å². The third kappa shape index (κ3) is 2.38. The van der Waals surface area contributed by atoms with Gasteiger partial charge in [-0.2, -0.15) is 13.2 Å². The molecule has 1 saturated heterocycles. The lowest BCUT2D eigenvalue weighted by atomic mass is 9.90. The summed E-state index contributed by atoms with van der Waals surface area (Å²) < 4.78 is 38.4. The standard InChI is InChI=1S/C12H13F3N2O/c1-7-8(2-5-17-7)11(18)9-6-16-4-3-10(9)12(13,14)15/h3-4,6-8,17H,2,5H2,1H3. The Morgan fingerprint density at radius 2 is 2.22 bits per heavy atom. The largest absolute Gasteiger partial charge is 0.417 e. The Hall–Kier alpha value is -1.43. The second kappa shape index (κ2) is 4.68. The first kappa shape index (κ1) is 13.0. The third-order valence-electron chi connectivity index (χ3n) is 3.25. The number of rotatable bonds is 2. The molecule has 1 aliphatic heterocycles. The second-order valence-electron chi connectivity index (χ2n) is 4.42. The SMILES string of the molecule is CC1NCCC1C(=O)c1cnccc1C(F)(F)F. The third-order valence-corrected chi connectivity index (χ3v) is 3.25. The van der Waals surface area contributed by atoms with E-state index in [2.05, 4.69) is 10.3 Å². The van der Waals surface area contributed by atoms with E-state index in [4.69, 9.17) is 0 Å². The number of carbonyl (C=O) groups is 1. The second-order valence-corrected chi connectivity index (χ2v) is 4.42. The summed E-state index contributed by atoms with van der Waals surface area (Å²) in [6, 6.07) is 0.749. The van der Waals surface area contributed by atoms with Gasteiger partial charge in [0.15, 0.2) is 5.78 Å². The van der Waals surface area contributed by atoms with E-state index in [9.17, 15) is 18.0 Å². The van der Waals surface area contributed by atoms with E-state index in [1.807, 2.05) is 0 Å². The topological polar surface area (TPSA) is 42.0 Å². The summed E-state index contributed by atoms with van der Waals surface area (Å²) in [7, 11) is 0. The maximum absolute atomic E-state index is 12.8. The van der Waals surface area contributed by atoms with Crippen LogP contribution >= 0.6 is 0 Å². The van der Waals surface area contributed by atoms with Gasteiger partial charge in [-0.1, -0.05) is 0 Å². The van der Waals surface area contributed by atoms with Crippen LogP contribution in [0, 0.1) is 5.92 Å². The van der Waals surface area contributed by atoms with Crippen LogP contribution in [0.5, 0.6) is 0 Å². The van der Waals surface area contributed by atoms with Crippen molar-refractivity contribution in [3.05, 3.63) is 29.6 Å². The summed E-state index contributed by atoms with van der Waals surface area (Å²) in [5.74, 6) is -0.886. The Morgan fingerprint density at radius 1 is 1.50 bits per heavy atom. The van der Waals surface area contributed by atoms with Gasteiger partial charge in [0.2, 0.25) is 0 Å². The normalized spacial score (nSPS) is 24.2. The molecule has 1 aliphatic rings. The van der Waals surface area contributed by atoms with Crippen LogP contribution in [0.4, 0.5) is 13.2 Å². The predicted molar refractivity (Wildman–Crippen MR) is 59.1 cm³/mol. The molecule has 2 heterocycles. The molecule has 2 atom stereocenters. The zero-order valence-corrected chi connectivity index (χ0v) is 9.79. The first-order valence-corrected chi connectivity index (χ1v) is 5.70. The van der Waals surface area contributed by atoms with E-state index in [1.165, 1.54) is 0 Å². The molecule has 0 aliphatic carbocycles. The fourth-order valence-corrected chi connectivity index (χ4v) is 2.25. The number of aromatic nitrogens is 1. The number of carbonyl (C=O) groups excluding carboxylic acids is 1. The van der Waals surface area contributed by atoms with Gasteiger partial charge in [0, 0.05) is 29.9 Å². The zero-order chi connectivity index (χ0) is 13.3. The summed E-state index contributed by atoms with van der Waals surface area (Å²) in [4.78, 5) is 15.8. The Bertz CT molecular complexity index is 459.